The minimum absolute atomic E-state index is 0. The van der Waals surface area contributed by atoms with Crippen molar-refractivity contribution >= 4 is 22.6 Å². The average molecular weight is 444 g/mol. The standard InChI is InChI=1S/C21H18F4N2O3.Na/c1-2-9-30-26-18(13-3-5-14(6-4-13)21(23,24)25)12-27-11-17(20(28)29)16-10-15(22)7-8-19(16)27;/h3-8,10-11H,2,9,12H2,1H3,(H,28,29);/q;+1/p-1. The number of carbonyl (C=O) groups is 1. The van der Waals surface area contributed by atoms with E-state index in [0.29, 0.717) is 24.1 Å². The Morgan fingerprint density at radius 1 is 1.16 bits per heavy atom. The van der Waals surface area contributed by atoms with E-state index in [1.54, 1.807) is 0 Å². The number of carbonyl (C=O) groups excluding carboxylic acids is 1. The summed E-state index contributed by atoms with van der Waals surface area (Å²) in [6.07, 6.45) is -2.53. The van der Waals surface area contributed by atoms with Crippen LogP contribution in [0.5, 0.6) is 0 Å². The minimum atomic E-state index is -4.47. The van der Waals surface area contributed by atoms with Crippen molar-refractivity contribution in [1.82, 2.24) is 4.57 Å². The Morgan fingerprint density at radius 3 is 2.42 bits per heavy atom. The Labute approximate surface area is 197 Å². The first-order valence-electron chi connectivity index (χ1n) is 9.07. The summed E-state index contributed by atoms with van der Waals surface area (Å²) in [5.41, 5.74) is 0.0546. The van der Waals surface area contributed by atoms with E-state index in [0.717, 1.165) is 18.2 Å². The van der Waals surface area contributed by atoms with Crippen LogP contribution >= 0.6 is 0 Å². The van der Waals surface area contributed by atoms with Gasteiger partial charge in [0.15, 0.2) is 0 Å². The molecule has 0 aliphatic heterocycles. The number of carboxylic acids is 1. The van der Waals surface area contributed by atoms with Gasteiger partial charge in [0, 0.05) is 28.2 Å². The molecule has 0 fully saturated rings. The van der Waals surface area contributed by atoms with Gasteiger partial charge in [0.25, 0.3) is 0 Å². The molecule has 0 aliphatic rings. The third-order valence-corrected chi connectivity index (χ3v) is 4.40. The van der Waals surface area contributed by atoms with Crippen molar-refractivity contribution in [1.29, 1.82) is 0 Å². The molecule has 0 N–H and O–H groups in total. The molecule has 0 spiro atoms. The van der Waals surface area contributed by atoms with Gasteiger partial charge < -0.3 is 19.3 Å². The van der Waals surface area contributed by atoms with Gasteiger partial charge in [0.2, 0.25) is 0 Å². The van der Waals surface area contributed by atoms with Gasteiger partial charge in [0.05, 0.1) is 18.1 Å². The normalized spacial score (nSPS) is 12.0. The first-order chi connectivity index (χ1) is 14.2. The molecule has 0 aliphatic carbocycles. The second-order valence-electron chi connectivity index (χ2n) is 6.57. The van der Waals surface area contributed by atoms with Crippen LogP contribution in [-0.2, 0) is 17.6 Å². The Balaban J connectivity index is 0.00000341. The smallest absolute Gasteiger partial charge is 0.545 e. The summed E-state index contributed by atoms with van der Waals surface area (Å²) in [6, 6.07) is 8.07. The first kappa shape index (κ1) is 24.9. The van der Waals surface area contributed by atoms with E-state index in [-0.39, 0.29) is 52.8 Å². The van der Waals surface area contributed by atoms with Gasteiger partial charge in [-0.1, -0.05) is 24.2 Å². The summed E-state index contributed by atoms with van der Waals surface area (Å²) in [7, 11) is 0. The minimum Gasteiger partial charge on any atom is -0.545 e. The van der Waals surface area contributed by atoms with E-state index < -0.39 is 23.5 Å². The van der Waals surface area contributed by atoms with Gasteiger partial charge in [-0.15, -0.1) is 0 Å². The fourth-order valence-electron chi connectivity index (χ4n) is 2.96. The fourth-order valence-corrected chi connectivity index (χ4v) is 2.96. The second kappa shape index (κ2) is 10.3. The van der Waals surface area contributed by atoms with E-state index in [4.69, 9.17) is 4.84 Å². The number of hydrogen-bond donors (Lipinski definition) is 0. The maximum atomic E-state index is 13.6. The number of carboxylic acid groups (broad SMARTS) is 1. The van der Waals surface area contributed by atoms with Gasteiger partial charge in [-0.2, -0.15) is 13.2 Å². The first-order valence-corrected chi connectivity index (χ1v) is 9.07. The second-order valence-corrected chi connectivity index (χ2v) is 6.57. The zero-order chi connectivity index (χ0) is 21.9. The van der Waals surface area contributed by atoms with E-state index >= 15 is 0 Å². The predicted octanol–water partition coefficient (Wildman–Crippen LogP) is 0.998. The van der Waals surface area contributed by atoms with Crippen LogP contribution in [0.15, 0.2) is 53.8 Å². The molecule has 3 aromatic rings. The molecule has 31 heavy (non-hydrogen) atoms. The van der Waals surface area contributed by atoms with Crippen LogP contribution in [0, 0.1) is 5.82 Å². The number of hydrogen-bond acceptors (Lipinski definition) is 4. The molecular formula is C21H17F4N2NaO3. The van der Waals surface area contributed by atoms with Crippen LogP contribution in [0.4, 0.5) is 17.6 Å². The zero-order valence-electron chi connectivity index (χ0n) is 16.9. The summed E-state index contributed by atoms with van der Waals surface area (Å²) in [4.78, 5) is 16.6. The summed E-state index contributed by atoms with van der Waals surface area (Å²) in [5.74, 6) is -2.08. The molecule has 0 saturated heterocycles. The number of halogens is 4. The maximum Gasteiger partial charge on any atom is 1.00 e. The van der Waals surface area contributed by atoms with Gasteiger partial charge in [0.1, 0.15) is 18.1 Å². The van der Waals surface area contributed by atoms with Crippen LogP contribution < -0.4 is 34.7 Å². The number of aromatic nitrogens is 1. The molecule has 0 saturated carbocycles. The van der Waals surface area contributed by atoms with Crippen molar-refractivity contribution in [3.63, 3.8) is 0 Å². The van der Waals surface area contributed by atoms with Crippen LogP contribution in [0.3, 0.4) is 0 Å². The van der Waals surface area contributed by atoms with E-state index in [1.165, 1.54) is 35.0 Å². The summed E-state index contributed by atoms with van der Waals surface area (Å²) in [5, 5.41) is 15.6. The van der Waals surface area contributed by atoms with E-state index in [1.807, 2.05) is 6.92 Å². The van der Waals surface area contributed by atoms with Crippen molar-refractivity contribution in [3.05, 3.63) is 71.2 Å². The molecule has 2 aromatic carbocycles. The van der Waals surface area contributed by atoms with Crippen molar-refractivity contribution in [2.24, 2.45) is 5.16 Å². The Hall–Kier alpha value is -2.36. The Morgan fingerprint density at radius 2 is 1.84 bits per heavy atom. The molecule has 3 rings (SSSR count). The van der Waals surface area contributed by atoms with Crippen molar-refractivity contribution in [2.45, 2.75) is 26.1 Å². The summed E-state index contributed by atoms with van der Waals surface area (Å²) < 4.78 is 53.7. The average Bonchev–Trinajstić information content (AvgIpc) is 3.04. The number of rotatable bonds is 7. The molecule has 10 heteroatoms. The third-order valence-electron chi connectivity index (χ3n) is 4.40. The number of aromatic carboxylic acids is 1. The number of alkyl halides is 3. The van der Waals surface area contributed by atoms with Gasteiger partial charge in [-0.05, 0) is 36.8 Å². The molecule has 1 aromatic heterocycles. The van der Waals surface area contributed by atoms with Gasteiger partial charge >= 0.3 is 35.7 Å². The van der Waals surface area contributed by atoms with E-state index in [2.05, 4.69) is 5.16 Å². The van der Waals surface area contributed by atoms with Crippen LogP contribution in [0.25, 0.3) is 10.9 Å². The molecule has 5 nitrogen and oxygen atoms in total. The van der Waals surface area contributed by atoms with Crippen molar-refractivity contribution < 1.29 is 61.9 Å². The van der Waals surface area contributed by atoms with E-state index in [9.17, 15) is 27.5 Å². The molecular weight excluding hydrogens is 427 g/mol. The molecule has 0 radical (unpaired) electrons. The number of fused-ring (bicyclic) bond motifs is 1. The molecule has 0 atom stereocenters. The molecule has 0 amide bonds. The monoisotopic (exact) mass is 444 g/mol. The molecule has 0 unspecified atom stereocenters. The summed E-state index contributed by atoms with van der Waals surface area (Å²) >= 11 is 0. The molecule has 158 valence electrons. The number of oxime groups is 1. The quantitative estimate of drug-likeness (QED) is 0.180. The number of nitrogens with zero attached hydrogens (tertiary/aromatic N) is 2. The zero-order valence-corrected chi connectivity index (χ0v) is 18.9. The summed E-state index contributed by atoms with van der Waals surface area (Å²) in [6.45, 7) is 2.16. The Kier molecular flexibility index (Phi) is 8.27. The molecule has 1 heterocycles. The van der Waals surface area contributed by atoms with Gasteiger partial charge in [-0.3, -0.25) is 0 Å². The van der Waals surface area contributed by atoms with Gasteiger partial charge in [-0.25, -0.2) is 4.39 Å². The largest absolute Gasteiger partial charge is 1.00 e. The Bertz CT molecular complexity index is 1090. The molecule has 0 bridgehead atoms. The SMILES string of the molecule is CCCON=C(Cn1cc(C(=O)[O-])c2cc(F)ccc21)c1ccc(C(F)(F)F)cc1.[Na+]. The number of benzene rings is 2. The van der Waals surface area contributed by atoms with Crippen LogP contribution in [-0.4, -0.2) is 22.9 Å². The predicted molar refractivity (Wildman–Crippen MR) is 100 cm³/mol. The maximum absolute atomic E-state index is 13.6. The van der Waals surface area contributed by atoms with Crippen LogP contribution in [0.2, 0.25) is 0 Å². The topological polar surface area (TPSA) is 66.7 Å². The fraction of sp³-hybridized carbons (Fsp3) is 0.238. The van der Waals surface area contributed by atoms with Crippen molar-refractivity contribution in [3.8, 4) is 0 Å². The third kappa shape index (κ3) is 5.87. The van der Waals surface area contributed by atoms with Crippen LogP contribution in [0.1, 0.15) is 34.8 Å². The van der Waals surface area contributed by atoms with Crippen molar-refractivity contribution in [2.75, 3.05) is 6.61 Å².